The molecule has 0 aliphatic heterocycles. The van der Waals surface area contributed by atoms with Gasteiger partial charge >= 0.3 is 5.97 Å². The third kappa shape index (κ3) is 5.91. The van der Waals surface area contributed by atoms with Crippen LogP contribution in [0.1, 0.15) is 22.7 Å². The lowest BCUT2D eigenvalue weighted by Gasteiger charge is -2.18. The quantitative estimate of drug-likeness (QED) is 0.726. The summed E-state index contributed by atoms with van der Waals surface area (Å²) >= 11 is 1.79. The molecule has 2 aromatic carbocycles. The first kappa shape index (κ1) is 18.4. The van der Waals surface area contributed by atoms with Crippen LogP contribution in [0.15, 0.2) is 48.5 Å². The Hall–Kier alpha value is -1.98. The number of hydrogen-bond acceptors (Lipinski definition) is 4. The van der Waals surface area contributed by atoms with E-state index in [1.807, 2.05) is 24.3 Å². The first-order valence-corrected chi connectivity index (χ1v) is 8.96. The molecule has 0 fully saturated rings. The van der Waals surface area contributed by atoms with Gasteiger partial charge in [-0.1, -0.05) is 42.0 Å². The van der Waals surface area contributed by atoms with Gasteiger partial charge in [0.15, 0.2) is 0 Å². The number of carbonyl (C=O) groups is 1. The second-order valence-electron chi connectivity index (χ2n) is 5.60. The number of aliphatic carboxylic acids is 1. The van der Waals surface area contributed by atoms with Gasteiger partial charge in [-0.05, 0) is 30.2 Å². The monoisotopic (exact) mass is 345 g/mol. The fourth-order valence-electron chi connectivity index (χ4n) is 2.30. The SMILES string of the molecule is COc1ccc(C(CSCc2ccc(C)cc2)NCC(=O)O)cc1. The van der Waals surface area contributed by atoms with Crippen LogP contribution in [-0.4, -0.2) is 30.5 Å². The maximum Gasteiger partial charge on any atom is 0.317 e. The molecule has 24 heavy (non-hydrogen) atoms. The minimum Gasteiger partial charge on any atom is -0.497 e. The molecule has 2 aromatic rings. The number of hydrogen-bond donors (Lipinski definition) is 2. The fourth-order valence-corrected chi connectivity index (χ4v) is 3.39. The van der Waals surface area contributed by atoms with E-state index in [0.29, 0.717) is 0 Å². The second-order valence-corrected chi connectivity index (χ2v) is 6.63. The molecule has 1 atom stereocenters. The van der Waals surface area contributed by atoms with Crippen molar-refractivity contribution in [2.24, 2.45) is 0 Å². The van der Waals surface area contributed by atoms with Crippen LogP contribution in [0.5, 0.6) is 5.75 Å². The molecule has 0 spiro atoms. The molecule has 4 nitrogen and oxygen atoms in total. The van der Waals surface area contributed by atoms with Gasteiger partial charge in [0.1, 0.15) is 5.75 Å². The number of ether oxygens (including phenoxy) is 1. The number of benzene rings is 2. The van der Waals surface area contributed by atoms with Crippen molar-refractivity contribution in [3.05, 3.63) is 65.2 Å². The zero-order chi connectivity index (χ0) is 17.4. The van der Waals surface area contributed by atoms with E-state index >= 15 is 0 Å². The van der Waals surface area contributed by atoms with Crippen LogP contribution < -0.4 is 10.1 Å². The largest absolute Gasteiger partial charge is 0.497 e. The highest BCUT2D eigenvalue weighted by molar-refractivity contribution is 7.98. The molecule has 0 saturated carbocycles. The average molecular weight is 345 g/mol. The highest BCUT2D eigenvalue weighted by Crippen LogP contribution is 2.23. The molecule has 0 aliphatic carbocycles. The van der Waals surface area contributed by atoms with E-state index < -0.39 is 5.97 Å². The Bertz CT molecular complexity index is 641. The maximum absolute atomic E-state index is 10.9. The summed E-state index contributed by atoms with van der Waals surface area (Å²) in [6.45, 7) is 2.02. The Balaban J connectivity index is 1.96. The molecule has 0 amide bonds. The van der Waals surface area contributed by atoms with E-state index in [1.165, 1.54) is 11.1 Å². The lowest BCUT2D eigenvalue weighted by Crippen LogP contribution is -2.29. The van der Waals surface area contributed by atoms with Crippen LogP contribution in [0.25, 0.3) is 0 Å². The van der Waals surface area contributed by atoms with Gasteiger partial charge in [0, 0.05) is 17.5 Å². The third-order valence-electron chi connectivity index (χ3n) is 3.69. The fraction of sp³-hybridized carbons (Fsp3) is 0.316. The Morgan fingerprint density at radius 1 is 1.17 bits per heavy atom. The van der Waals surface area contributed by atoms with Crippen LogP contribution in [0, 0.1) is 6.92 Å². The lowest BCUT2D eigenvalue weighted by molar-refractivity contribution is -0.136. The first-order valence-electron chi connectivity index (χ1n) is 7.81. The molecule has 0 saturated heterocycles. The average Bonchev–Trinajstić information content (AvgIpc) is 2.59. The van der Waals surface area contributed by atoms with Gasteiger partial charge in [-0.2, -0.15) is 11.8 Å². The Kier molecular flexibility index (Phi) is 7.15. The van der Waals surface area contributed by atoms with Crippen molar-refractivity contribution in [2.75, 3.05) is 19.4 Å². The van der Waals surface area contributed by atoms with Crippen molar-refractivity contribution in [3.8, 4) is 5.75 Å². The summed E-state index contributed by atoms with van der Waals surface area (Å²) in [5.74, 6) is 1.65. The molecular weight excluding hydrogens is 322 g/mol. The van der Waals surface area contributed by atoms with E-state index in [0.717, 1.165) is 22.8 Å². The van der Waals surface area contributed by atoms with Crippen molar-refractivity contribution < 1.29 is 14.6 Å². The molecule has 0 aromatic heterocycles. The van der Waals surface area contributed by atoms with Gasteiger partial charge in [0.2, 0.25) is 0 Å². The number of thioether (sulfide) groups is 1. The van der Waals surface area contributed by atoms with Crippen LogP contribution in [-0.2, 0) is 10.5 Å². The van der Waals surface area contributed by atoms with Crippen LogP contribution in [0.2, 0.25) is 0 Å². The van der Waals surface area contributed by atoms with Gasteiger partial charge < -0.3 is 9.84 Å². The molecule has 0 bridgehead atoms. The highest BCUT2D eigenvalue weighted by atomic mass is 32.2. The van der Waals surface area contributed by atoms with E-state index in [-0.39, 0.29) is 12.6 Å². The minimum absolute atomic E-state index is 0.0116. The molecular formula is C19H23NO3S. The van der Waals surface area contributed by atoms with Crippen LogP contribution in [0.4, 0.5) is 0 Å². The number of aryl methyl sites for hydroxylation is 1. The maximum atomic E-state index is 10.9. The number of carboxylic acid groups (broad SMARTS) is 1. The van der Waals surface area contributed by atoms with Gasteiger partial charge in [-0.15, -0.1) is 0 Å². The van der Waals surface area contributed by atoms with Crippen molar-refractivity contribution in [2.45, 2.75) is 18.7 Å². The van der Waals surface area contributed by atoms with E-state index in [4.69, 9.17) is 9.84 Å². The van der Waals surface area contributed by atoms with Gasteiger partial charge in [0.25, 0.3) is 0 Å². The Morgan fingerprint density at radius 3 is 2.42 bits per heavy atom. The Morgan fingerprint density at radius 2 is 1.83 bits per heavy atom. The predicted octanol–water partition coefficient (Wildman–Crippen LogP) is 3.65. The van der Waals surface area contributed by atoms with Crippen LogP contribution >= 0.6 is 11.8 Å². The van der Waals surface area contributed by atoms with Crippen molar-refractivity contribution in [1.29, 1.82) is 0 Å². The van der Waals surface area contributed by atoms with E-state index in [1.54, 1.807) is 18.9 Å². The smallest absolute Gasteiger partial charge is 0.317 e. The molecule has 0 heterocycles. The molecule has 1 unspecified atom stereocenters. The summed E-state index contributed by atoms with van der Waals surface area (Å²) in [5, 5.41) is 12.0. The normalized spacial score (nSPS) is 11.9. The summed E-state index contributed by atoms with van der Waals surface area (Å²) < 4.78 is 5.18. The van der Waals surface area contributed by atoms with Crippen molar-refractivity contribution in [1.82, 2.24) is 5.32 Å². The molecule has 2 N–H and O–H groups in total. The first-order chi connectivity index (χ1) is 11.6. The summed E-state index contributed by atoms with van der Waals surface area (Å²) in [6, 6.07) is 16.2. The summed E-state index contributed by atoms with van der Waals surface area (Å²) in [6.07, 6.45) is 0. The Labute approximate surface area is 147 Å². The van der Waals surface area contributed by atoms with Crippen molar-refractivity contribution >= 4 is 17.7 Å². The minimum atomic E-state index is -0.850. The highest BCUT2D eigenvalue weighted by Gasteiger charge is 2.13. The predicted molar refractivity (Wildman–Crippen MR) is 98.7 cm³/mol. The van der Waals surface area contributed by atoms with Gasteiger partial charge in [-0.25, -0.2) is 0 Å². The van der Waals surface area contributed by atoms with E-state index in [2.05, 4.69) is 36.5 Å². The molecule has 5 heteroatoms. The molecule has 2 rings (SSSR count). The third-order valence-corrected chi connectivity index (χ3v) is 4.80. The number of carboxylic acids is 1. The van der Waals surface area contributed by atoms with Gasteiger partial charge in [-0.3, -0.25) is 10.1 Å². The molecule has 0 radical (unpaired) electrons. The standard InChI is InChI=1S/C19H23NO3S/c1-14-3-5-15(6-4-14)12-24-13-18(20-11-19(21)22)16-7-9-17(23-2)10-8-16/h3-10,18,20H,11-13H2,1-2H3,(H,21,22). The van der Waals surface area contributed by atoms with Crippen molar-refractivity contribution in [3.63, 3.8) is 0 Å². The lowest BCUT2D eigenvalue weighted by atomic mass is 10.1. The van der Waals surface area contributed by atoms with Gasteiger partial charge in [0.05, 0.1) is 13.7 Å². The summed E-state index contributed by atoms with van der Waals surface area (Å²) in [5.41, 5.74) is 3.59. The number of nitrogens with one attached hydrogen (secondary N) is 1. The molecule has 0 aliphatic rings. The topological polar surface area (TPSA) is 58.6 Å². The molecule has 128 valence electrons. The number of methoxy groups -OCH3 is 1. The summed E-state index contributed by atoms with van der Waals surface area (Å²) in [4.78, 5) is 10.9. The van der Waals surface area contributed by atoms with Crippen LogP contribution in [0.3, 0.4) is 0 Å². The number of rotatable bonds is 9. The summed E-state index contributed by atoms with van der Waals surface area (Å²) in [7, 11) is 1.63. The zero-order valence-corrected chi connectivity index (χ0v) is 14.8. The zero-order valence-electron chi connectivity index (χ0n) is 14.0. The van der Waals surface area contributed by atoms with E-state index in [9.17, 15) is 4.79 Å². The second kappa shape index (κ2) is 9.35.